The summed E-state index contributed by atoms with van der Waals surface area (Å²) in [6.07, 6.45) is 1.96. The Morgan fingerprint density at radius 1 is 1.50 bits per heavy atom. The number of methoxy groups -OCH3 is 1. The summed E-state index contributed by atoms with van der Waals surface area (Å²) in [5.74, 6) is 0.981. The molecule has 0 spiro atoms. The normalized spacial score (nSPS) is 23.0. The van der Waals surface area contributed by atoms with Crippen LogP contribution in [0.3, 0.4) is 0 Å². The first-order valence-corrected chi connectivity index (χ1v) is 8.47. The number of rotatable bonds is 5. The zero-order chi connectivity index (χ0) is 18.3. The summed E-state index contributed by atoms with van der Waals surface area (Å²) in [6.45, 7) is 4.61. The standard InChI is InChI=1S/C17H21FN6O2/c1-9-5-19-17(24-6-11(8-25-3)20-16(9)24)21-13-4-12(22-23-13)15-14(18)10(2)7-26-15/h4-6,10,14-15H,7-8H2,1-3H3,(H2,19,21,22,23)/t10-,14+,15-/m0/s1. The molecule has 0 aromatic carbocycles. The molecule has 1 aliphatic rings. The van der Waals surface area contributed by atoms with Crippen LogP contribution in [-0.2, 0) is 16.1 Å². The molecule has 1 saturated heterocycles. The lowest BCUT2D eigenvalue weighted by Gasteiger charge is -2.10. The summed E-state index contributed by atoms with van der Waals surface area (Å²) >= 11 is 0. The van der Waals surface area contributed by atoms with Crippen LogP contribution in [0.4, 0.5) is 16.2 Å². The Kier molecular flexibility index (Phi) is 4.33. The number of ether oxygens (including phenoxy) is 2. The van der Waals surface area contributed by atoms with Gasteiger partial charge < -0.3 is 14.8 Å². The maximum Gasteiger partial charge on any atom is 0.214 e. The molecule has 3 aromatic heterocycles. The van der Waals surface area contributed by atoms with E-state index in [1.54, 1.807) is 19.4 Å². The Morgan fingerprint density at radius 2 is 2.35 bits per heavy atom. The summed E-state index contributed by atoms with van der Waals surface area (Å²) < 4.78 is 26.7. The minimum atomic E-state index is -1.04. The maximum absolute atomic E-state index is 14.2. The first-order valence-electron chi connectivity index (χ1n) is 8.47. The second kappa shape index (κ2) is 6.65. The molecule has 1 fully saturated rings. The fourth-order valence-corrected chi connectivity index (χ4v) is 3.12. The van der Waals surface area contributed by atoms with Crippen LogP contribution < -0.4 is 5.32 Å². The molecule has 0 amide bonds. The average molecular weight is 360 g/mol. The van der Waals surface area contributed by atoms with Crippen LogP contribution in [0.25, 0.3) is 5.65 Å². The molecule has 0 radical (unpaired) electrons. The smallest absolute Gasteiger partial charge is 0.214 e. The van der Waals surface area contributed by atoms with Crippen LogP contribution in [0.2, 0.25) is 0 Å². The van der Waals surface area contributed by atoms with Gasteiger partial charge in [0, 0.05) is 37.1 Å². The van der Waals surface area contributed by atoms with Gasteiger partial charge in [0.1, 0.15) is 17.9 Å². The number of aromatic amines is 1. The molecule has 26 heavy (non-hydrogen) atoms. The van der Waals surface area contributed by atoms with Gasteiger partial charge in [0.25, 0.3) is 0 Å². The number of nitrogens with one attached hydrogen (secondary N) is 2. The van der Waals surface area contributed by atoms with Gasteiger partial charge in [-0.15, -0.1) is 0 Å². The van der Waals surface area contributed by atoms with Crippen molar-refractivity contribution >= 4 is 17.4 Å². The molecule has 4 rings (SSSR count). The Labute approximate surface area is 149 Å². The number of halogens is 1. The van der Waals surface area contributed by atoms with Gasteiger partial charge in [0.2, 0.25) is 5.95 Å². The van der Waals surface area contributed by atoms with Crippen LogP contribution >= 0.6 is 0 Å². The molecule has 138 valence electrons. The first-order chi connectivity index (χ1) is 12.6. The largest absolute Gasteiger partial charge is 0.378 e. The molecular weight excluding hydrogens is 339 g/mol. The average Bonchev–Trinajstić information content (AvgIpc) is 3.32. The third-order valence-electron chi connectivity index (χ3n) is 4.52. The third kappa shape index (κ3) is 2.93. The lowest BCUT2D eigenvalue weighted by atomic mass is 10.0. The molecule has 1 aliphatic heterocycles. The minimum Gasteiger partial charge on any atom is -0.378 e. The molecule has 0 unspecified atom stereocenters. The second-order valence-corrected chi connectivity index (χ2v) is 6.63. The third-order valence-corrected chi connectivity index (χ3v) is 4.52. The van der Waals surface area contributed by atoms with Crippen LogP contribution in [0.1, 0.15) is 30.0 Å². The maximum atomic E-state index is 14.2. The summed E-state index contributed by atoms with van der Waals surface area (Å²) in [4.78, 5) is 8.97. The summed E-state index contributed by atoms with van der Waals surface area (Å²) in [7, 11) is 1.63. The summed E-state index contributed by atoms with van der Waals surface area (Å²) in [6, 6.07) is 1.75. The number of H-pyrrole nitrogens is 1. The SMILES string of the molecule is COCc1cn2c(Nc3cc([C@@H]4OC[C@H](C)[C@H]4F)[nH]n3)ncc(C)c2n1. The highest BCUT2D eigenvalue weighted by atomic mass is 19.1. The van der Waals surface area contributed by atoms with Crippen molar-refractivity contribution in [2.75, 3.05) is 19.0 Å². The number of alkyl halides is 1. The number of aromatic nitrogens is 5. The van der Waals surface area contributed by atoms with Crippen molar-refractivity contribution in [2.45, 2.75) is 32.7 Å². The molecule has 0 aliphatic carbocycles. The van der Waals surface area contributed by atoms with Crippen molar-refractivity contribution in [1.29, 1.82) is 0 Å². The summed E-state index contributed by atoms with van der Waals surface area (Å²) in [5.41, 5.74) is 3.16. The predicted octanol–water partition coefficient (Wildman–Crippen LogP) is 2.70. The number of nitrogens with zero attached hydrogens (tertiary/aromatic N) is 4. The Balaban J connectivity index is 1.61. The zero-order valence-electron chi connectivity index (χ0n) is 14.9. The van der Waals surface area contributed by atoms with Crippen LogP contribution in [-0.4, -0.2) is 44.5 Å². The van der Waals surface area contributed by atoms with E-state index in [1.807, 2.05) is 24.4 Å². The first kappa shape index (κ1) is 16.9. The molecule has 8 nitrogen and oxygen atoms in total. The highest BCUT2D eigenvalue weighted by Crippen LogP contribution is 2.35. The molecule has 2 N–H and O–H groups in total. The van der Waals surface area contributed by atoms with Gasteiger partial charge in [-0.1, -0.05) is 6.92 Å². The van der Waals surface area contributed by atoms with Gasteiger partial charge in [-0.25, -0.2) is 14.4 Å². The number of hydrogen-bond donors (Lipinski definition) is 2. The van der Waals surface area contributed by atoms with E-state index in [-0.39, 0.29) is 5.92 Å². The molecule has 0 saturated carbocycles. The van der Waals surface area contributed by atoms with E-state index in [2.05, 4.69) is 25.5 Å². The van der Waals surface area contributed by atoms with Gasteiger partial charge in [-0.3, -0.25) is 9.50 Å². The Bertz CT molecular complexity index is 923. The highest BCUT2D eigenvalue weighted by molar-refractivity contribution is 5.57. The quantitative estimate of drug-likeness (QED) is 0.727. The van der Waals surface area contributed by atoms with Crippen molar-refractivity contribution in [3.05, 3.63) is 35.4 Å². The van der Waals surface area contributed by atoms with E-state index >= 15 is 0 Å². The van der Waals surface area contributed by atoms with E-state index in [0.717, 1.165) is 16.9 Å². The van der Waals surface area contributed by atoms with E-state index in [9.17, 15) is 4.39 Å². The fourth-order valence-electron chi connectivity index (χ4n) is 3.12. The highest BCUT2D eigenvalue weighted by Gasteiger charge is 2.36. The van der Waals surface area contributed by atoms with Crippen molar-refractivity contribution in [3.63, 3.8) is 0 Å². The van der Waals surface area contributed by atoms with Crippen molar-refractivity contribution in [2.24, 2.45) is 5.92 Å². The van der Waals surface area contributed by atoms with E-state index in [4.69, 9.17) is 9.47 Å². The van der Waals surface area contributed by atoms with Crippen molar-refractivity contribution < 1.29 is 13.9 Å². The lowest BCUT2D eigenvalue weighted by molar-refractivity contribution is 0.0744. The number of hydrogen-bond acceptors (Lipinski definition) is 6. The van der Waals surface area contributed by atoms with E-state index in [1.165, 1.54) is 0 Å². The topological polar surface area (TPSA) is 89.4 Å². The van der Waals surface area contributed by atoms with Crippen LogP contribution in [0.15, 0.2) is 18.5 Å². The number of imidazole rings is 1. The fraction of sp³-hybridized carbons (Fsp3) is 0.471. The van der Waals surface area contributed by atoms with Gasteiger partial charge in [0.05, 0.1) is 24.6 Å². The number of anilines is 2. The van der Waals surface area contributed by atoms with E-state index in [0.29, 0.717) is 30.7 Å². The molecule has 4 heterocycles. The monoisotopic (exact) mass is 360 g/mol. The molecule has 9 heteroatoms. The Morgan fingerprint density at radius 3 is 3.08 bits per heavy atom. The molecule has 3 atom stereocenters. The van der Waals surface area contributed by atoms with Gasteiger partial charge in [0.15, 0.2) is 5.82 Å². The molecular formula is C17H21FN6O2. The molecule has 0 bridgehead atoms. The van der Waals surface area contributed by atoms with Crippen LogP contribution in [0, 0.1) is 12.8 Å². The summed E-state index contributed by atoms with van der Waals surface area (Å²) in [5, 5.41) is 10.2. The second-order valence-electron chi connectivity index (χ2n) is 6.63. The van der Waals surface area contributed by atoms with Gasteiger partial charge in [-0.2, -0.15) is 5.10 Å². The van der Waals surface area contributed by atoms with Crippen molar-refractivity contribution in [3.8, 4) is 0 Å². The minimum absolute atomic E-state index is 0.122. The van der Waals surface area contributed by atoms with E-state index < -0.39 is 12.3 Å². The Hall–Kier alpha value is -2.52. The number of fused-ring (bicyclic) bond motifs is 1. The molecule has 3 aromatic rings. The van der Waals surface area contributed by atoms with Crippen LogP contribution in [0.5, 0.6) is 0 Å². The number of aryl methyl sites for hydroxylation is 1. The van der Waals surface area contributed by atoms with Gasteiger partial charge in [-0.05, 0) is 6.92 Å². The van der Waals surface area contributed by atoms with Crippen molar-refractivity contribution in [1.82, 2.24) is 24.6 Å². The zero-order valence-corrected chi connectivity index (χ0v) is 14.9. The predicted molar refractivity (Wildman–Crippen MR) is 93.1 cm³/mol. The van der Waals surface area contributed by atoms with Gasteiger partial charge >= 0.3 is 0 Å². The lowest BCUT2D eigenvalue weighted by Crippen LogP contribution is -2.13.